The Morgan fingerprint density at radius 1 is 1.00 bits per heavy atom. The molecule has 202 valence electrons. The van der Waals surface area contributed by atoms with E-state index in [0.29, 0.717) is 0 Å². The molecule has 0 radical (unpaired) electrons. The molecule has 0 bridgehead atoms. The fourth-order valence-corrected chi connectivity index (χ4v) is 3.95. The van der Waals surface area contributed by atoms with E-state index in [2.05, 4.69) is 33.6 Å². The minimum Gasteiger partial charge on any atom is -0.480 e. The smallest absolute Gasteiger partial charge is 0.326 e. The van der Waals surface area contributed by atoms with Gasteiger partial charge in [0, 0.05) is 29.3 Å². The summed E-state index contributed by atoms with van der Waals surface area (Å²) in [6.45, 7) is 3.44. The van der Waals surface area contributed by atoms with Crippen molar-refractivity contribution >= 4 is 53.1 Å². The molecule has 0 saturated heterocycles. The second kappa shape index (κ2) is 13.7. The zero-order chi connectivity index (χ0) is 27.7. The molecule has 0 aliphatic carbocycles. The number of rotatable bonds is 14. The summed E-state index contributed by atoms with van der Waals surface area (Å²) in [6.07, 6.45) is 1.58. The van der Waals surface area contributed by atoms with E-state index in [4.69, 9.17) is 11.5 Å². The molecule has 2 rings (SSSR count). The van der Waals surface area contributed by atoms with Crippen LogP contribution < -0.4 is 27.4 Å². The molecule has 1 heterocycles. The van der Waals surface area contributed by atoms with Gasteiger partial charge in [-0.2, -0.15) is 12.6 Å². The van der Waals surface area contributed by atoms with Crippen molar-refractivity contribution in [3.63, 3.8) is 0 Å². The first-order valence-corrected chi connectivity index (χ1v) is 12.4. The number of carbonyl (C=O) groups is 5. The number of hydrogen-bond donors (Lipinski definition) is 8. The average molecular weight is 535 g/mol. The number of carbonyl (C=O) groups excluding carboxylic acids is 4. The number of hydrogen-bond acceptors (Lipinski definition) is 7. The van der Waals surface area contributed by atoms with Gasteiger partial charge in [0.25, 0.3) is 0 Å². The Kier molecular flexibility index (Phi) is 10.9. The number of aromatic nitrogens is 1. The van der Waals surface area contributed by atoms with Gasteiger partial charge in [-0.05, 0) is 30.4 Å². The van der Waals surface area contributed by atoms with E-state index in [1.807, 2.05) is 24.3 Å². The second-order valence-electron chi connectivity index (χ2n) is 9.05. The highest BCUT2D eigenvalue weighted by molar-refractivity contribution is 7.80. The number of amides is 4. The number of para-hydroxylation sites is 1. The Morgan fingerprint density at radius 3 is 2.24 bits per heavy atom. The van der Waals surface area contributed by atoms with E-state index in [1.54, 1.807) is 20.0 Å². The number of fused-ring (bicyclic) bond motifs is 1. The fourth-order valence-electron chi connectivity index (χ4n) is 3.70. The van der Waals surface area contributed by atoms with Crippen molar-refractivity contribution < 1.29 is 29.1 Å². The van der Waals surface area contributed by atoms with Crippen molar-refractivity contribution in [1.29, 1.82) is 0 Å². The first-order chi connectivity index (χ1) is 17.4. The molecule has 4 unspecified atom stereocenters. The summed E-state index contributed by atoms with van der Waals surface area (Å²) in [4.78, 5) is 63.9. The monoisotopic (exact) mass is 534 g/mol. The van der Waals surface area contributed by atoms with E-state index in [1.165, 1.54) is 0 Å². The van der Waals surface area contributed by atoms with Gasteiger partial charge in [-0.25, -0.2) is 4.79 Å². The number of carboxylic acids is 1. The van der Waals surface area contributed by atoms with Gasteiger partial charge in [0.05, 0.1) is 6.04 Å². The lowest BCUT2D eigenvalue weighted by Gasteiger charge is -2.26. The highest BCUT2D eigenvalue weighted by Gasteiger charge is 2.31. The van der Waals surface area contributed by atoms with Gasteiger partial charge in [0.15, 0.2) is 0 Å². The molecule has 0 fully saturated rings. The summed E-state index contributed by atoms with van der Waals surface area (Å²) in [5.41, 5.74) is 13.0. The third-order valence-electron chi connectivity index (χ3n) is 5.81. The summed E-state index contributed by atoms with van der Waals surface area (Å²) in [5.74, 6) is -4.55. The quantitative estimate of drug-likeness (QED) is 0.148. The summed E-state index contributed by atoms with van der Waals surface area (Å²) >= 11 is 4.08. The van der Waals surface area contributed by atoms with Crippen LogP contribution in [0, 0.1) is 5.92 Å². The maximum absolute atomic E-state index is 13.0. The molecule has 0 aliphatic heterocycles. The van der Waals surface area contributed by atoms with Gasteiger partial charge in [-0.1, -0.05) is 32.0 Å². The van der Waals surface area contributed by atoms with E-state index in [-0.39, 0.29) is 30.9 Å². The van der Waals surface area contributed by atoms with Crippen LogP contribution in [0.4, 0.5) is 0 Å². The largest absolute Gasteiger partial charge is 0.480 e. The van der Waals surface area contributed by atoms with E-state index < -0.39 is 53.8 Å². The molecule has 4 amide bonds. The Bertz CT molecular complexity index is 1140. The number of nitrogens with two attached hydrogens (primary N) is 2. The summed E-state index contributed by atoms with van der Waals surface area (Å²) in [7, 11) is 0. The molecule has 0 spiro atoms. The molecule has 1 aromatic heterocycles. The van der Waals surface area contributed by atoms with Crippen LogP contribution in [0.25, 0.3) is 10.9 Å². The van der Waals surface area contributed by atoms with Gasteiger partial charge in [-0.15, -0.1) is 0 Å². The van der Waals surface area contributed by atoms with Crippen LogP contribution >= 0.6 is 12.6 Å². The van der Waals surface area contributed by atoms with E-state index >= 15 is 0 Å². The lowest BCUT2D eigenvalue weighted by Crippen LogP contribution is -2.59. The number of aromatic amines is 1. The number of thiol groups is 1. The Labute approximate surface area is 219 Å². The van der Waals surface area contributed by atoms with Crippen LogP contribution in [-0.2, 0) is 30.4 Å². The molecular weight excluding hydrogens is 500 g/mol. The molecule has 0 aliphatic rings. The minimum absolute atomic E-state index is 0.140. The number of benzene rings is 1. The van der Waals surface area contributed by atoms with Crippen LogP contribution in [0.15, 0.2) is 30.5 Å². The van der Waals surface area contributed by atoms with Gasteiger partial charge in [0.2, 0.25) is 23.6 Å². The zero-order valence-electron chi connectivity index (χ0n) is 20.7. The van der Waals surface area contributed by atoms with E-state index in [9.17, 15) is 29.1 Å². The summed E-state index contributed by atoms with van der Waals surface area (Å²) < 4.78 is 0. The molecular formula is C24H34N6O6S. The average Bonchev–Trinajstić information content (AvgIpc) is 3.25. The zero-order valence-corrected chi connectivity index (χ0v) is 21.6. The van der Waals surface area contributed by atoms with Crippen LogP contribution in [0.2, 0.25) is 0 Å². The topological polar surface area (TPSA) is 209 Å². The molecule has 12 nitrogen and oxygen atoms in total. The summed E-state index contributed by atoms with van der Waals surface area (Å²) in [5, 5.41) is 17.7. The van der Waals surface area contributed by atoms with Crippen molar-refractivity contribution in [3.8, 4) is 0 Å². The minimum atomic E-state index is -1.37. The second-order valence-corrected chi connectivity index (χ2v) is 9.41. The van der Waals surface area contributed by atoms with Gasteiger partial charge in [0.1, 0.15) is 18.1 Å². The molecule has 2 aromatic rings. The van der Waals surface area contributed by atoms with Crippen molar-refractivity contribution in [2.45, 2.75) is 57.3 Å². The van der Waals surface area contributed by atoms with Gasteiger partial charge >= 0.3 is 5.97 Å². The predicted octanol–water partition coefficient (Wildman–Crippen LogP) is -0.572. The number of carboxylic acid groups (broad SMARTS) is 1. The Morgan fingerprint density at radius 2 is 1.65 bits per heavy atom. The van der Waals surface area contributed by atoms with Gasteiger partial charge in [-0.3, -0.25) is 19.2 Å². The summed E-state index contributed by atoms with van der Waals surface area (Å²) in [6, 6.07) is 3.10. The molecule has 13 heteroatoms. The maximum Gasteiger partial charge on any atom is 0.326 e. The first kappa shape index (κ1) is 29.6. The highest BCUT2D eigenvalue weighted by atomic mass is 32.1. The lowest BCUT2D eigenvalue weighted by atomic mass is 10.0. The van der Waals surface area contributed by atoms with Crippen molar-refractivity contribution in [1.82, 2.24) is 20.9 Å². The Balaban J connectivity index is 2.02. The number of nitrogens with one attached hydrogen (secondary N) is 4. The molecule has 0 saturated carbocycles. The van der Waals surface area contributed by atoms with Crippen molar-refractivity contribution in [2.24, 2.45) is 17.4 Å². The number of aliphatic carboxylic acids is 1. The third-order valence-corrected chi connectivity index (χ3v) is 6.17. The fraction of sp³-hybridized carbons (Fsp3) is 0.458. The normalized spacial score (nSPS) is 14.4. The standard InChI is InChI=1S/C24H34N6O6S/c1-12(2)20(30-21(32)15(25)9-13-10-27-16-6-4-3-5-14(13)16)23(34)29-18(11-37)22(33)28-17(24(35)36)7-8-19(26)31/h3-6,10,12,15,17-18,20,27,37H,7-9,11,25H2,1-2H3,(H2,26,31)(H,28,33)(H,29,34)(H,30,32)(H,35,36). The van der Waals surface area contributed by atoms with Crippen LogP contribution in [0.3, 0.4) is 0 Å². The van der Waals surface area contributed by atoms with Crippen molar-refractivity contribution in [3.05, 3.63) is 36.0 Å². The first-order valence-electron chi connectivity index (χ1n) is 11.8. The predicted molar refractivity (Wildman–Crippen MR) is 141 cm³/mol. The molecule has 9 N–H and O–H groups in total. The number of primary amides is 1. The number of H-pyrrole nitrogens is 1. The Hall–Kier alpha value is -3.58. The highest BCUT2D eigenvalue weighted by Crippen LogP contribution is 2.19. The SMILES string of the molecule is CC(C)C(NC(=O)C(N)Cc1c[nH]c2ccccc12)C(=O)NC(CS)C(=O)NC(CCC(N)=O)C(=O)O. The molecule has 4 atom stereocenters. The molecule has 37 heavy (non-hydrogen) atoms. The third kappa shape index (κ3) is 8.50. The van der Waals surface area contributed by atoms with Gasteiger partial charge < -0.3 is 37.5 Å². The van der Waals surface area contributed by atoms with Crippen LogP contribution in [0.5, 0.6) is 0 Å². The van der Waals surface area contributed by atoms with Crippen molar-refractivity contribution in [2.75, 3.05) is 5.75 Å². The van der Waals surface area contributed by atoms with E-state index in [0.717, 1.165) is 16.5 Å². The van der Waals surface area contributed by atoms with Crippen LogP contribution in [-0.4, -0.2) is 69.6 Å². The molecule has 1 aromatic carbocycles. The lowest BCUT2D eigenvalue weighted by molar-refractivity contribution is -0.142. The maximum atomic E-state index is 13.0. The van der Waals surface area contributed by atoms with Crippen LogP contribution in [0.1, 0.15) is 32.3 Å².